The number of rotatable bonds is 3. The van der Waals surface area contributed by atoms with E-state index in [9.17, 15) is 13.6 Å². The Bertz CT molecular complexity index is 626. The van der Waals surface area contributed by atoms with E-state index in [0.29, 0.717) is 12.2 Å². The molecule has 20 heavy (non-hydrogen) atoms. The Labute approximate surface area is 115 Å². The number of nitrogen functional groups attached to an aromatic ring is 1. The number of anilines is 2. The Kier molecular flexibility index (Phi) is 3.98. The zero-order valence-corrected chi connectivity index (χ0v) is 10.9. The summed E-state index contributed by atoms with van der Waals surface area (Å²) in [7, 11) is 0. The summed E-state index contributed by atoms with van der Waals surface area (Å²) in [6, 6.07) is 9.60. The number of para-hydroxylation sites is 1. The van der Waals surface area contributed by atoms with Crippen LogP contribution in [0.4, 0.5) is 20.2 Å². The third-order valence-corrected chi connectivity index (χ3v) is 2.98. The normalized spacial score (nSPS) is 10.3. The zero-order valence-electron chi connectivity index (χ0n) is 10.9. The lowest BCUT2D eigenvalue weighted by molar-refractivity contribution is 0.0989. The van der Waals surface area contributed by atoms with Crippen molar-refractivity contribution in [3.63, 3.8) is 0 Å². The van der Waals surface area contributed by atoms with E-state index >= 15 is 0 Å². The standard InChI is InChI=1S/C15H14F2N2O/c1-2-19(11-8-6-10(16)7-9-11)15(20)12-4-3-5-13(17)14(12)18/h3-9H,2,18H2,1H3. The molecule has 0 radical (unpaired) electrons. The van der Waals surface area contributed by atoms with E-state index in [1.165, 1.54) is 47.4 Å². The van der Waals surface area contributed by atoms with Crippen molar-refractivity contribution in [3.05, 3.63) is 59.7 Å². The van der Waals surface area contributed by atoms with Crippen LogP contribution >= 0.6 is 0 Å². The third kappa shape index (κ3) is 2.61. The molecule has 0 spiro atoms. The number of carbonyl (C=O) groups is 1. The Morgan fingerprint density at radius 1 is 1.15 bits per heavy atom. The molecule has 0 aromatic heterocycles. The molecule has 0 aliphatic heterocycles. The van der Waals surface area contributed by atoms with Gasteiger partial charge in [0.05, 0.1) is 11.3 Å². The van der Waals surface area contributed by atoms with E-state index in [2.05, 4.69) is 0 Å². The van der Waals surface area contributed by atoms with Gasteiger partial charge in [0.2, 0.25) is 0 Å². The smallest absolute Gasteiger partial charge is 0.260 e. The maximum Gasteiger partial charge on any atom is 0.260 e. The molecular weight excluding hydrogens is 262 g/mol. The second-order valence-electron chi connectivity index (χ2n) is 4.23. The molecular formula is C15H14F2N2O. The van der Waals surface area contributed by atoms with Crippen molar-refractivity contribution in [1.29, 1.82) is 0 Å². The van der Waals surface area contributed by atoms with Crippen LogP contribution in [0.1, 0.15) is 17.3 Å². The molecule has 0 fully saturated rings. The monoisotopic (exact) mass is 276 g/mol. The van der Waals surface area contributed by atoms with Gasteiger partial charge in [-0.05, 0) is 43.3 Å². The van der Waals surface area contributed by atoms with Gasteiger partial charge in [-0.1, -0.05) is 6.07 Å². The van der Waals surface area contributed by atoms with E-state index in [1.54, 1.807) is 6.92 Å². The number of nitrogens with two attached hydrogens (primary N) is 1. The molecule has 0 saturated heterocycles. The van der Waals surface area contributed by atoms with Crippen molar-refractivity contribution in [2.75, 3.05) is 17.2 Å². The van der Waals surface area contributed by atoms with Crippen LogP contribution in [-0.4, -0.2) is 12.5 Å². The van der Waals surface area contributed by atoms with E-state index < -0.39 is 11.7 Å². The molecule has 2 rings (SSSR count). The van der Waals surface area contributed by atoms with Crippen LogP contribution in [0, 0.1) is 11.6 Å². The highest BCUT2D eigenvalue weighted by molar-refractivity contribution is 6.09. The van der Waals surface area contributed by atoms with Crippen LogP contribution < -0.4 is 10.6 Å². The van der Waals surface area contributed by atoms with Crippen molar-refractivity contribution in [3.8, 4) is 0 Å². The van der Waals surface area contributed by atoms with Crippen LogP contribution in [0.25, 0.3) is 0 Å². The molecule has 104 valence electrons. The number of nitrogens with zero attached hydrogens (tertiary/aromatic N) is 1. The molecule has 0 aliphatic rings. The SMILES string of the molecule is CCN(C(=O)c1cccc(F)c1N)c1ccc(F)cc1. The van der Waals surface area contributed by atoms with Gasteiger partial charge in [-0.2, -0.15) is 0 Å². The minimum atomic E-state index is -0.633. The van der Waals surface area contributed by atoms with E-state index in [0.717, 1.165) is 0 Å². The highest BCUT2D eigenvalue weighted by Crippen LogP contribution is 2.22. The summed E-state index contributed by atoms with van der Waals surface area (Å²) in [4.78, 5) is 13.8. The van der Waals surface area contributed by atoms with Gasteiger partial charge in [0.15, 0.2) is 0 Å². The van der Waals surface area contributed by atoms with Crippen molar-refractivity contribution in [2.45, 2.75) is 6.92 Å². The van der Waals surface area contributed by atoms with E-state index in [1.807, 2.05) is 0 Å². The number of hydrogen-bond acceptors (Lipinski definition) is 2. The quantitative estimate of drug-likeness (QED) is 0.875. The molecule has 0 unspecified atom stereocenters. The van der Waals surface area contributed by atoms with Gasteiger partial charge < -0.3 is 10.6 Å². The first-order valence-electron chi connectivity index (χ1n) is 6.16. The lowest BCUT2D eigenvalue weighted by atomic mass is 10.1. The zero-order chi connectivity index (χ0) is 14.7. The van der Waals surface area contributed by atoms with Crippen LogP contribution in [0.2, 0.25) is 0 Å². The van der Waals surface area contributed by atoms with Gasteiger partial charge in [0.25, 0.3) is 5.91 Å². The minimum Gasteiger partial charge on any atom is -0.396 e. The average Bonchev–Trinajstić information content (AvgIpc) is 2.44. The maximum absolute atomic E-state index is 13.4. The minimum absolute atomic E-state index is 0.0937. The number of halogens is 2. The molecule has 3 nitrogen and oxygen atoms in total. The molecule has 0 atom stereocenters. The largest absolute Gasteiger partial charge is 0.396 e. The van der Waals surface area contributed by atoms with E-state index in [-0.39, 0.29) is 17.1 Å². The molecule has 2 aromatic carbocycles. The van der Waals surface area contributed by atoms with E-state index in [4.69, 9.17) is 5.73 Å². The lowest BCUT2D eigenvalue weighted by Gasteiger charge is -2.22. The van der Waals surface area contributed by atoms with Crippen molar-refractivity contribution >= 4 is 17.3 Å². The maximum atomic E-state index is 13.4. The molecule has 0 bridgehead atoms. The van der Waals surface area contributed by atoms with Gasteiger partial charge in [0.1, 0.15) is 11.6 Å². The Morgan fingerprint density at radius 2 is 1.80 bits per heavy atom. The van der Waals surface area contributed by atoms with Crippen LogP contribution in [0.15, 0.2) is 42.5 Å². The van der Waals surface area contributed by atoms with Gasteiger partial charge in [-0.3, -0.25) is 4.79 Å². The summed E-state index contributed by atoms with van der Waals surface area (Å²) in [5.74, 6) is -1.44. The average molecular weight is 276 g/mol. The first-order chi connectivity index (χ1) is 9.54. The summed E-state index contributed by atoms with van der Waals surface area (Å²) in [6.07, 6.45) is 0. The van der Waals surface area contributed by atoms with Gasteiger partial charge in [-0.15, -0.1) is 0 Å². The highest BCUT2D eigenvalue weighted by atomic mass is 19.1. The molecule has 2 N–H and O–H groups in total. The third-order valence-electron chi connectivity index (χ3n) is 2.98. The molecule has 1 amide bonds. The Hall–Kier alpha value is -2.43. The van der Waals surface area contributed by atoms with Crippen LogP contribution in [0.3, 0.4) is 0 Å². The van der Waals surface area contributed by atoms with Gasteiger partial charge in [-0.25, -0.2) is 8.78 Å². The van der Waals surface area contributed by atoms with Crippen LogP contribution in [0.5, 0.6) is 0 Å². The fourth-order valence-corrected chi connectivity index (χ4v) is 1.93. The number of amides is 1. The molecule has 5 heteroatoms. The predicted octanol–water partition coefficient (Wildman–Crippen LogP) is 3.21. The Morgan fingerprint density at radius 3 is 2.40 bits per heavy atom. The van der Waals surface area contributed by atoms with Gasteiger partial charge in [0, 0.05) is 12.2 Å². The fraction of sp³-hybridized carbons (Fsp3) is 0.133. The number of benzene rings is 2. The second-order valence-corrected chi connectivity index (χ2v) is 4.23. The number of carbonyl (C=O) groups excluding carboxylic acids is 1. The first kappa shape index (κ1) is 14.0. The summed E-state index contributed by atoms with van der Waals surface area (Å²) in [6.45, 7) is 2.14. The van der Waals surface area contributed by atoms with Crippen molar-refractivity contribution < 1.29 is 13.6 Å². The lowest BCUT2D eigenvalue weighted by Crippen LogP contribution is -2.31. The van der Waals surface area contributed by atoms with Crippen LogP contribution in [-0.2, 0) is 0 Å². The predicted molar refractivity (Wildman–Crippen MR) is 74.6 cm³/mol. The van der Waals surface area contributed by atoms with Crippen molar-refractivity contribution in [2.24, 2.45) is 0 Å². The Balaban J connectivity index is 2.39. The summed E-state index contributed by atoms with van der Waals surface area (Å²) < 4.78 is 26.3. The topological polar surface area (TPSA) is 46.3 Å². The molecule has 0 aliphatic carbocycles. The number of hydrogen-bond donors (Lipinski definition) is 1. The highest BCUT2D eigenvalue weighted by Gasteiger charge is 2.19. The summed E-state index contributed by atoms with van der Waals surface area (Å²) in [5.41, 5.74) is 6.04. The molecule has 0 heterocycles. The molecule has 0 saturated carbocycles. The second kappa shape index (κ2) is 5.69. The molecule has 2 aromatic rings. The van der Waals surface area contributed by atoms with Gasteiger partial charge >= 0.3 is 0 Å². The summed E-state index contributed by atoms with van der Waals surface area (Å²) >= 11 is 0. The summed E-state index contributed by atoms with van der Waals surface area (Å²) in [5, 5.41) is 0. The first-order valence-corrected chi connectivity index (χ1v) is 6.16. The fourth-order valence-electron chi connectivity index (χ4n) is 1.93. The van der Waals surface area contributed by atoms with Crippen molar-refractivity contribution in [1.82, 2.24) is 0 Å².